The van der Waals surface area contributed by atoms with Crippen LogP contribution in [0.15, 0.2) is 0 Å². The number of aliphatic hydroxyl groups is 1. The van der Waals surface area contributed by atoms with Crippen LogP contribution in [0.4, 0.5) is 4.39 Å². The van der Waals surface area contributed by atoms with Crippen LogP contribution in [0.25, 0.3) is 0 Å². The van der Waals surface area contributed by atoms with E-state index in [9.17, 15) is 19.1 Å². The zero-order valence-corrected chi connectivity index (χ0v) is 8.07. The highest BCUT2D eigenvalue weighted by atomic mass is 19.1. The quantitative estimate of drug-likeness (QED) is 0.454. The van der Waals surface area contributed by atoms with Crippen molar-refractivity contribution < 1.29 is 23.9 Å². The fraction of sp³-hybridized carbons (Fsp3) is 0.750. The summed E-state index contributed by atoms with van der Waals surface area (Å²) in [4.78, 5) is 27.1. The second kappa shape index (κ2) is 3.14. The maximum atomic E-state index is 13.2. The number of carbonyl (C=O) groups is 2. The van der Waals surface area contributed by atoms with Gasteiger partial charge in [0.05, 0.1) is 0 Å². The van der Waals surface area contributed by atoms with Crippen LogP contribution in [0.5, 0.6) is 0 Å². The number of rotatable bonds is 2. The van der Waals surface area contributed by atoms with Gasteiger partial charge in [-0.2, -0.15) is 0 Å². The van der Waals surface area contributed by atoms with Gasteiger partial charge in [-0.1, -0.05) is 0 Å². The molecule has 1 saturated carbocycles. The van der Waals surface area contributed by atoms with E-state index < -0.39 is 29.8 Å². The molecular weight excluding hydrogens is 207 g/mol. The van der Waals surface area contributed by atoms with E-state index in [4.69, 9.17) is 0 Å². The summed E-state index contributed by atoms with van der Waals surface area (Å²) < 4.78 is 13.2. The SMILES string of the molecule is CN1OC(=O)C(C(=O)NC2(F)CC2)C1O. The first-order valence-electron chi connectivity index (χ1n) is 4.57. The molecule has 7 heteroatoms. The molecule has 2 aliphatic rings. The first-order chi connectivity index (χ1) is 6.93. The largest absolute Gasteiger partial charge is 0.374 e. The molecule has 0 spiro atoms. The van der Waals surface area contributed by atoms with E-state index >= 15 is 0 Å². The molecule has 15 heavy (non-hydrogen) atoms. The first-order valence-corrected chi connectivity index (χ1v) is 4.57. The van der Waals surface area contributed by atoms with Gasteiger partial charge in [-0.25, -0.2) is 9.18 Å². The summed E-state index contributed by atoms with van der Waals surface area (Å²) in [6, 6.07) is 0. The average molecular weight is 218 g/mol. The minimum Gasteiger partial charge on any atom is -0.374 e. The van der Waals surface area contributed by atoms with Gasteiger partial charge in [-0.05, 0) is 0 Å². The van der Waals surface area contributed by atoms with Gasteiger partial charge in [0.25, 0.3) is 0 Å². The normalized spacial score (nSPS) is 33.7. The Bertz CT molecular complexity index is 318. The molecule has 0 aromatic heterocycles. The number of halogens is 1. The van der Waals surface area contributed by atoms with Crippen LogP contribution < -0.4 is 5.32 Å². The van der Waals surface area contributed by atoms with E-state index in [1.165, 1.54) is 7.05 Å². The molecule has 2 fully saturated rings. The van der Waals surface area contributed by atoms with Crippen LogP contribution >= 0.6 is 0 Å². The molecule has 2 N–H and O–H groups in total. The molecule has 1 heterocycles. The number of nitrogens with zero attached hydrogens (tertiary/aromatic N) is 1. The van der Waals surface area contributed by atoms with Gasteiger partial charge in [0.15, 0.2) is 17.9 Å². The molecule has 0 aromatic carbocycles. The van der Waals surface area contributed by atoms with Crippen molar-refractivity contribution in [1.82, 2.24) is 10.4 Å². The Labute approximate surface area is 84.9 Å². The van der Waals surface area contributed by atoms with Crippen molar-refractivity contribution in [2.24, 2.45) is 5.92 Å². The summed E-state index contributed by atoms with van der Waals surface area (Å²) in [5, 5.41) is 12.3. The standard InChI is InChI=1S/C8H11FN2O4/c1-11-6(13)4(7(14)15-11)5(12)10-8(9)2-3-8/h4,6,13H,2-3H2,1H3,(H,10,12). The number of amides is 1. The third-order valence-electron chi connectivity index (χ3n) is 2.48. The van der Waals surface area contributed by atoms with E-state index in [1.807, 2.05) is 0 Å². The number of nitrogens with one attached hydrogen (secondary N) is 1. The maximum Gasteiger partial charge on any atom is 0.341 e. The van der Waals surface area contributed by atoms with Gasteiger partial charge < -0.3 is 15.3 Å². The van der Waals surface area contributed by atoms with Crippen molar-refractivity contribution in [2.75, 3.05) is 7.05 Å². The Balaban J connectivity index is 2.03. The van der Waals surface area contributed by atoms with Gasteiger partial charge in [0, 0.05) is 19.9 Å². The fourth-order valence-electron chi connectivity index (χ4n) is 1.36. The molecule has 1 amide bonds. The molecule has 0 bridgehead atoms. The van der Waals surface area contributed by atoms with Gasteiger partial charge in [0.2, 0.25) is 5.91 Å². The molecule has 2 rings (SSSR count). The Hall–Kier alpha value is -1.21. The van der Waals surface area contributed by atoms with Gasteiger partial charge in [-0.15, -0.1) is 5.06 Å². The zero-order chi connectivity index (χ0) is 11.2. The third-order valence-corrected chi connectivity index (χ3v) is 2.48. The molecule has 0 aromatic rings. The topological polar surface area (TPSA) is 78.9 Å². The predicted molar refractivity (Wildman–Crippen MR) is 44.6 cm³/mol. The lowest BCUT2D eigenvalue weighted by Gasteiger charge is -2.14. The first kappa shape index (κ1) is 10.3. The Morgan fingerprint density at radius 1 is 1.73 bits per heavy atom. The Kier molecular flexibility index (Phi) is 2.16. The van der Waals surface area contributed by atoms with Crippen LogP contribution in [0.3, 0.4) is 0 Å². The molecule has 1 aliphatic heterocycles. The molecule has 0 radical (unpaired) electrons. The molecule has 2 unspecified atom stereocenters. The monoisotopic (exact) mass is 218 g/mol. The average Bonchev–Trinajstić information content (AvgIpc) is 2.76. The van der Waals surface area contributed by atoms with Crippen LogP contribution in [-0.4, -0.2) is 41.1 Å². The molecule has 2 atom stereocenters. The number of carbonyl (C=O) groups excluding carboxylic acids is 2. The maximum absolute atomic E-state index is 13.2. The minimum absolute atomic E-state index is 0.243. The summed E-state index contributed by atoms with van der Waals surface area (Å²) >= 11 is 0. The summed E-state index contributed by atoms with van der Waals surface area (Å²) in [6.07, 6.45) is -0.876. The Morgan fingerprint density at radius 3 is 2.73 bits per heavy atom. The van der Waals surface area contributed by atoms with Crippen LogP contribution in [-0.2, 0) is 14.4 Å². The van der Waals surface area contributed by atoms with E-state index in [0.717, 1.165) is 5.06 Å². The number of aliphatic hydroxyl groups excluding tert-OH is 1. The van der Waals surface area contributed by atoms with E-state index in [-0.39, 0.29) is 12.8 Å². The zero-order valence-electron chi connectivity index (χ0n) is 8.07. The smallest absolute Gasteiger partial charge is 0.341 e. The lowest BCUT2D eigenvalue weighted by atomic mass is 10.1. The van der Waals surface area contributed by atoms with Crippen molar-refractivity contribution in [3.63, 3.8) is 0 Å². The van der Waals surface area contributed by atoms with Crippen molar-refractivity contribution in [3.8, 4) is 0 Å². The van der Waals surface area contributed by atoms with Crippen LogP contribution in [0.1, 0.15) is 12.8 Å². The van der Waals surface area contributed by atoms with Crippen molar-refractivity contribution in [2.45, 2.75) is 24.9 Å². The molecule has 6 nitrogen and oxygen atoms in total. The highest BCUT2D eigenvalue weighted by molar-refractivity contribution is 5.99. The molecular formula is C8H11FN2O4. The highest BCUT2D eigenvalue weighted by Crippen LogP contribution is 2.37. The Morgan fingerprint density at radius 2 is 2.33 bits per heavy atom. The second-order valence-electron chi connectivity index (χ2n) is 3.80. The third kappa shape index (κ3) is 1.80. The number of hydrogen-bond donors (Lipinski definition) is 2. The number of hydrogen-bond acceptors (Lipinski definition) is 5. The fourth-order valence-corrected chi connectivity index (χ4v) is 1.36. The molecule has 1 aliphatic carbocycles. The second-order valence-corrected chi connectivity index (χ2v) is 3.80. The van der Waals surface area contributed by atoms with E-state index in [2.05, 4.69) is 10.2 Å². The van der Waals surface area contributed by atoms with Crippen molar-refractivity contribution >= 4 is 11.9 Å². The molecule has 1 saturated heterocycles. The highest BCUT2D eigenvalue weighted by Gasteiger charge is 2.51. The predicted octanol–water partition coefficient (Wildman–Crippen LogP) is -1.10. The van der Waals surface area contributed by atoms with Crippen molar-refractivity contribution in [1.29, 1.82) is 0 Å². The minimum atomic E-state index is -1.70. The van der Waals surface area contributed by atoms with Crippen LogP contribution in [0.2, 0.25) is 0 Å². The summed E-state index contributed by atoms with van der Waals surface area (Å²) in [5.74, 6) is -4.77. The van der Waals surface area contributed by atoms with Gasteiger partial charge in [-0.3, -0.25) is 4.79 Å². The van der Waals surface area contributed by atoms with Crippen LogP contribution in [0, 0.1) is 5.92 Å². The number of alkyl halides is 1. The lowest BCUT2D eigenvalue weighted by Crippen LogP contribution is -2.44. The lowest BCUT2D eigenvalue weighted by molar-refractivity contribution is -0.183. The summed E-state index contributed by atoms with van der Waals surface area (Å²) in [5.41, 5.74) is 0. The van der Waals surface area contributed by atoms with E-state index in [1.54, 1.807) is 0 Å². The molecule has 84 valence electrons. The van der Waals surface area contributed by atoms with Gasteiger partial charge >= 0.3 is 5.97 Å². The van der Waals surface area contributed by atoms with Crippen molar-refractivity contribution in [3.05, 3.63) is 0 Å². The summed E-state index contributed by atoms with van der Waals surface area (Å²) in [6.45, 7) is 0. The van der Waals surface area contributed by atoms with E-state index in [0.29, 0.717) is 0 Å². The van der Waals surface area contributed by atoms with Gasteiger partial charge in [0.1, 0.15) is 0 Å². The summed E-state index contributed by atoms with van der Waals surface area (Å²) in [7, 11) is 1.32. The number of hydroxylamine groups is 2.